The van der Waals surface area contributed by atoms with Crippen LogP contribution in [0.1, 0.15) is 154 Å². The molecule has 2 fully saturated rings. The molecule has 6 amide bonds. The first kappa shape index (κ1) is 59.6. The van der Waals surface area contributed by atoms with Gasteiger partial charge in [0.05, 0.1) is 24.2 Å². The lowest BCUT2D eigenvalue weighted by Crippen LogP contribution is -2.52. The third-order valence-electron chi connectivity index (χ3n) is 14.8. The van der Waals surface area contributed by atoms with Gasteiger partial charge in [0.15, 0.2) is 11.6 Å². The van der Waals surface area contributed by atoms with E-state index in [9.17, 15) is 47.1 Å². The van der Waals surface area contributed by atoms with Gasteiger partial charge in [-0.1, -0.05) is 6.07 Å². The number of ketones is 2. The van der Waals surface area contributed by atoms with E-state index in [0.29, 0.717) is 97.8 Å². The Balaban J connectivity index is 0.889. The monoisotopic (exact) mass is 1100 g/mol. The van der Waals surface area contributed by atoms with Crippen LogP contribution < -0.4 is 31.9 Å². The zero-order chi connectivity index (χ0) is 57.3. The van der Waals surface area contributed by atoms with Crippen molar-refractivity contribution in [3.05, 3.63) is 166 Å². The number of aromatic nitrogens is 2. The van der Waals surface area contributed by atoms with Crippen LogP contribution in [0.25, 0.3) is 0 Å². The van der Waals surface area contributed by atoms with Crippen molar-refractivity contribution < 1.29 is 47.1 Å². The number of benzene rings is 3. The van der Waals surface area contributed by atoms with Gasteiger partial charge in [-0.3, -0.25) is 48.3 Å². The molecule has 2 aliphatic rings. The number of halogens is 2. The highest BCUT2D eigenvalue weighted by Crippen LogP contribution is 2.35. The number of rotatable bonds is 26. The number of hydrogen-bond donors (Lipinski definition) is 6. The summed E-state index contributed by atoms with van der Waals surface area (Å²) < 4.78 is 27.1. The SMILES string of the molecule is CN[C@@H](C)C(=O)N[C@@H](CCCCNC(=O)c1cccc(C(=O)NCCCC[C@H](NC(=O)[C@H](C)NC)C(=O)N2CCC[C@H]2c2cncc(C(=O)c3ccc(F)cc3)c2)c1)C(=O)N1CCC[C@H]1c1cncc(C(=O)c2ccc(F)cc2)c1. The molecule has 0 saturated carbocycles. The van der Waals surface area contributed by atoms with Crippen molar-refractivity contribution in [2.75, 3.05) is 40.3 Å². The van der Waals surface area contributed by atoms with Crippen LogP contribution in [0.2, 0.25) is 0 Å². The van der Waals surface area contributed by atoms with Gasteiger partial charge < -0.3 is 41.7 Å². The summed E-state index contributed by atoms with van der Waals surface area (Å²) in [7, 11) is 3.30. The lowest BCUT2D eigenvalue weighted by molar-refractivity contribution is -0.138. The molecule has 0 spiro atoms. The van der Waals surface area contributed by atoms with E-state index in [0.717, 1.165) is 0 Å². The van der Waals surface area contributed by atoms with Crippen LogP contribution in [0.5, 0.6) is 0 Å². The summed E-state index contributed by atoms with van der Waals surface area (Å²) in [4.78, 5) is 120. The van der Waals surface area contributed by atoms with Crippen molar-refractivity contribution in [2.24, 2.45) is 0 Å². The van der Waals surface area contributed by atoms with Crippen molar-refractivity contribution >= 4 is 47.0 Å². The number of hydrogen-bond acceptors (Lipinski definition) is 12. The Morgan fingerprint density at radius 1 is 0.525 bits per heavy atom. The van der Waals surface area contributed by atoms with Crippen LogP contribution >= 0.6 is 0 Å². The average Bonchev–Trinajstić information content (AvgIpc) is 4.22. The fraction of sp³-hybridized carbons (Fsp3) is 0.400. The molecule has 80 heavy (non-hydrogen) atoms. The Hall–Kier alpha value is -8.10. The number of nitrogens with one attached hydrogen (secondary N) is 6. The van der Waals surface area contributed by atoms with Crippen LogP contribution in [0.4, 0.5) is 8.78 Å². The normalized spacial score (nSPS) is 16.5. The van der Waals surface area contributed by atoms with Gasteiger partial charge in [0, 0.05) is 84.3 Å². The number of carbonyl (C=O) groups is 8. The van der Waals surface area contributed by atoms with Crippen molar-refractivity contribution in [1.29, 1.82) is 0 Å². The number of unbranched alkanes of at least 4 members (excludes halogenated alkanes) is 2. The van der Waals surface area contributed by atoms with Crippen LogP contribution in [-0.4, -0.2) is 131 Å². The van der Waals surface area contributed by atoms with E-state index in [1.54, 1.807) is 80.5 Å². The van der Waals surface area contributed by atoms with Gasteiger partial charge in [0.2, 0.25) is 23.6 Å². The van der Waals surface area contributed by atoms with Gasteiger partial charge >= 0.3 is 0 Å². The van der Waals surface area contributed by atoms with Crippen LogP contribution in [0, 0.1) is 11.6 Å². The Bertz CT molecular complexity index is 2820. The Labute approximate surface area is 464 Å². The highest BCUT2D eigenvalue weighted by molar-refractivity contribution is 6.09. The molecule has 20 heteroatoms. The topological polar surface area (TPSA) is 241 Å². The van der Waals surface area contributed by atoms with Gasteiger partial charge in [0.25, 0.3) is 11.8 Å². The van der Waals surface area contributed by atoms with E-state index >= 15 is 0 Å². The molecule has 3 aromatic carbocycles. The lowest BCUT2D eigenvalue weighted by atomic mass is 9.99. The summed E-state index contributed by atoms with van der Waals surface area (Å²) in [6.07, 6.45) is 11.3. The molecular weight excluding hydrogens is 1030 g/mol. The molecule has 7 rings (SSSR count). The average molecular weight is 1100 g/mol. The Morgan fingerprint density at radius 3 is 1.31 bits per heavy atom. The first-order chi connectivity index (χ1) is 38.6. The fourth-order valence-corrected chi connectivity index (χ4v) is 9.95. The first-order valence-electron chi connectivity index (χ1n) is 27.3. The molecule has 2 aliphatic heterocycles. The number of pyridine rings is 2. The molecule has 2 aromatic heterocycles. The minimum absolute atomic E-state index is 0.254. The second-order valence-corrected chi connectivity index (χ2v) is 20.3. The number of likely N-dealkylation sites (N-methyl/N-ethyl adjacent to an activating group) is 2. The molecule has 0 radical (unpaired) electrons. The third-order valence-corrected chi connectivity index (χ3v) is 14.8. The standard InChI is InChI=1S/C60H70F2N10O8/c1-37(63-3)55(75)69-49(59(79)71-28-10-16-51(71)43-31-45(35-65-33-43)53(73)39-18-22-47(61)23-19-39)14-5-7-26-67-57(77)41-12-9-13-42(30-41)58(78)68-27-8-6-15-50(70-56(76)38(2)64-4)60(80)72-29-11-17-52(72)44-32-46(36-66-34-44)54(74)40-20-24-48(62)25-21-40/h9,12-13,18-25,30-38,49-52,63-64H,5-8,10-11,14-17,26-29H2,1-4H3,(H,67,77)(H,68,78)(H,69,75)(H,70,76)/t37-,38-,49-,50-,51-,52-/m0/s1. The number of nitrogens with zero attached hydrogens (tertiary/aromatic N) is 4. The molecule has 0 unspecified atom stereocenters. The van der Waals surface area contributed by atoms with E-state index in [-0.39, 0.29) is 84.3 Å². The number of likely N-dealkylation sites (tertiary alicyclic amines) is 2. The number of amides is 6. The summed E-state index contributed by atoms with van der Waals surface area (Å²) in [5.41, 5.74) is 3.11. The third kappa shape index (κ3) is 15.6. The lowest BCUT2D eigenvalue weighted by Gasteiger charge is -2.30. The van der Waals surface area contributed by atoms with Gasteiger partial charge in [-0.15, -0.1) is 0 Å². The zero-order valence-electron chi connectivity index (χ0n) is 45.6. The Kier molecular flexibility index (Phi) is 21.4. The van der Waals surface area contributed by atoms with E-state index in [1.165, 1.54) is 67.0 Å². The molecule has 0 aliphatic carbocycles. The van der Waals surface area contributed by atoms with Crippen LogP contribution in [0.3, 0.4) is 0 Å². The summed E-state index contributed by atoms with van der Waals surface area (Å²) in [5, 5.41) is 17.4. The van der Waals surface area contributed by atoms with Crippen LogP contribution in [0.15, 0.2) is 110 Å². The summed E-state index contributed by atoms with van der Waals surface area (Å²) in [6, 6.07) is 16.6. The van der Waals surface area contributed by atoms with Crippen molar-refractivity contribution in [2.45, 2.75) is 114 Å². The first-order valence-corrected chi connectivity index (χ1v) is 27.3. The molecule has 4 heterocycles. The maximum atomic E-state index is 14.3. The van der Waals surface area contributed by atoms with Crippen molar-refractivity contribution in [3.63, 3.8) is 0 Å². The number of carbonyl (C=O) groups excluding carboxylic acids is 8. The highest BCUT2D eigenvalue weighted by atomic mass is 19.1. The highest BCUT2D eigenvalue weighted by Gasteiger charge is 2.37. The summed E-state index contributed by atoms with van der Waals surface area (Å²) in [6.45, 7) is 4.76. The molecule has 6 atom stereocenters. The van der Waals surface area contributed by atoms with E-state index in [4.69, 9.17) is 0 Å². The molecule has 0 bridgehead atoms. The quantitative estimate of drug-likeness (QED) is 0.0279. The largest absolute Gasteiger partial charge is 0.352 e. The smallest absolute Gasteiger partial charge is 0.251 e. The summed E-state index contributed by atoms with van der Waals surface area (Å²) in [5.74, 6) is -3.60. The minimum Gasteiger partial charge on any atom is -0.352 e. The second kappa shape index (κ2) is 28.7. The zero-order valence-corrected chi connectivity index (χ0v) is 45.6. The van der Waals surface area contributed by atoms with Gasteiger partial charge in [-0.25, -0.2) is 8.78 Å². The van der Waals surface area contributed by atoms with E-state index < -0.39 is 47.6 Å². The van der Waals surface area contributed by atoms with E-state index in [1.807, 2.05) is 0 Å². The minimum atomic E-state index is -0.870. The van der Waals surface area contributed by atoms with E-state index in [2.05, 4.69) is 41.9 Å². The van der Waals surface area contributed by atoms with Gasteiger partial charge in [-0.05, 0) is 182 Å². The van der Waals surface area contributed by atoms with Crippen LogP contribution in [-0.2, 0) is 19.2 Å². The fourth-order valence-electron chi connectivity index (χ4n) is 9.95. The molecular formula is C60H70F2N10O8. The molecule has 6 N–H and O–H groups in total. The van der Waals surface area contributed by atoms with Crippen molar-refractivity contribution in [3.8, 4) is 0 Å². The van der Waals surface area contributed by atoms with Gasteiger partial charge in [-0.2, -0.15) is 0 Å². The Morgan fingerprint density at radius 2 is 0.925 bits per heavy atom. The second-order valence-electron chi connectivity index (χ2n) is 20.3. The summed E-state index contributed by atoms with van der Waals surface area (Å²) >= 11 is 0. The van der Waals surface area contributed by atoms with Crippen molar-refractivity contribution in [1.82, 2.24) is 51.7 Å². The molecule has 2 saturated heterocycles. The predicted octanol–water partition coefficient (Wildman–Crippen LogP) is 5.93. The molecule has 422 valence electrons. The van der Waals surface area contributed by atoms with Gasteiger partial charge in [0.1, 0.15) is 23.7 Å². The predicted molar refractivity (Wildman–Crippen MR) is 295 cm³/mol. The maximum absolute atomic E-state index is 14.3. The molecule has 5 aromatic rings. The molecule has 18 nitrogen and oxygen atoms in total. The maximum Gasteiger partial charge on any atom is 0.251 e.